The van der Waals surface area contributed by atoms with Crippen LogP contribution < -0.4 is 5.19 Å². The number of hydrogen-bond donors (Lipinski definition) is 0. The average Bonchev–Trinajstić information content (AvgIpc) is 2.29. The Kier molecular flexibility index (Phi) is 3.59. The van der Waals surface area contributed by atoms with E-state index in [-0.39, 0.29) is 0 Å². The quantitative estimate of drug-likeness (QED) is 0.712. The van der Waals surface area contributed by atoms with Gasteiger partial charge in [-0.25, -0.2) is 0 Å². The van der Waals surface area contributed by atoms with Crippen LogP contribution in [0.2, 0.25) is 5.02 Å². The van der Waals surface area contributed by atoms with Gasteiger partial charge in [-0.3, -0.25) is 0 Å². The number of rotatable bonds is 3. The summed E-state index contributed by atoms with van der Waals surface area (Å²) >= 11 is 6.09. The highest BCUT2D eigenvalue weighted by atomic mass is 35.5. The predicted octanol–water partition coefficient (Wildman–Crippen LogP) is 2.87. The molecule has 0 amide bonds. The van der Waals surface area contributed by atoms with E-state index in [9.17, 15) is 0 Å². The lowest BCUT2D eigenvalue weighted by Crippen LogP contribution is -2.15. The minimum Gasteiger partial charge on any atom is -0.0841 e. The average molecular weight is 231 g/mol. The molecular weight excluding hydrogens is 220 g/mol. The normalized spacial score (nSPS) is 10.2. The van der Waals surface area contributed by atoms with Crippen molar-refractivity contribution in [1.82, 2.24) is 0 Å². The molecule has 0 aliphatic carbocycles. The van der Waals surface area contributed by atoms with Crippen molar-refractivity contribution in [2.45, 2.75) is 6.04 Å². The van der Waals surface area contributed by atoms with E-state index in [0.29, 0.717) is 0 Å². The summed E-state index contributed by atoms with van der Waals surface area (Å²) in [4.78, 5) is 0. The first-order valence-corrected chi connectivity index (χ1v) is 6.47. The van der Waals surface area contributed by atoms with Gasteiger partial charge in [-0.1, -0.05) is 65.3 Å². The Bertz CT molecular complexity index is 426. The zero-order valence-electron chi connectivity index (χ0n) is 8.28. The van der Waals surface area contributed by atoms with Crippen LogP contribution in [-0.2, 0) is 6.04 Å². The molecule has 2 aromatic rings. The Labute approximate surface area is 97.7 Å². The second-order valence-corrected chi connectivity index (χ2v) is 5.00. The van der Waals surface area contributed by atoms with Crippen molar-refractivity contribution in [3.63, 3.8) is 0 Å². The van der Waals surface area contributed by atoms with E-state index < -0.39 is 0 Å². The summed E-state index contributed by atoms with van der Waals surface area (Å²) in [7, 11) is 0.794. The monoisotopic (exact) mass is 230 g/mol. The zero-order chi connectivity index (χ0) is 10.5. The molecule has 0 spiro atoms. The third-order valence-electron chi connectivity index (χ3n) is 2.21. The van der Waals surface area contributed by atoms with Gasteiger partial charge >= 0.3 is 0 Å². The van der Waals surface area contributed by atoms with Crippen molar-refractivity contribution in [2.24, 2.45) is 0 Å². The van der Waals surface area contributed by atoms with Crippen LogP contribution in [0.5, 0.6) is 0 Å². The minimum absolute atomic E-state index is 0.794. The van der Waals surface area contributed by atoms with E-state index in [0.717, 1.165) is 20.6 Å². The van der Waals surface area contributed by atoms with Gasteiger partial charge in [-0.2, -0.15) is 0 Å². The molecule has 0 aliphatic heterocycles. The van der Waals surface area contributed by atoms with Crippen molar-refractivity contribution in [2.75, 3.05) is 0 Å². The van der Waals surface area contributed by atoms with Gasteiger partial charge in [0.1, 0.15) is 0 Å². The largest absolute Gasteiger partial charge is 0.0856 e. The fraction of sp³-hybridized carbons (Fsp3) is 0.0769. The fourth-order valence-electron chi connectivity index (χ4n) is 1.40. The summed E-state index contributed by atoms with van der Waals surface area (Å²) in [6, 6.07) is 19.6. The highest BCUT2D eigenvalue weighted by Crippen LogP contribution is 2.14. The molecule has 0 heterocycles. The van der Waals surface area contributed by atoms with Gasteiger partial charge in [0.25, 0.3) is 0 Å². The third-order valence-corrected chi connectivity index (χ3v) is 3.88. The van der Waals surface area contributed by atoms with Gasteiger partial charge in [-0.05, 0) is 17.7 Å². The first-order chi connectivity index (χ1) is 7.36. The van der Waals surface area contributed by atoms with Gasteiger partial charge < -0.3 is 0 Å². The molecule has 2 radical (unpaired) electrons. The van der Waals surface area contributed by atoms with Crippen LogP contribution in [0.25, 0.3) is 0 Å². The fourth-order valence-corrected chi connectivity index (χ4v) is 2.84. The Morgan fingerprint density at radius 2 is 1.53 bits per heavy atom. The lowest BCUT2D eigenvalue weighted by molar-refractivity contribution is 1.39. The van der Waals surface area contributed by atoms with Crippen LogP contribution >= 0.6 is 11.6 Å². The molecular formula is C13H11ClSi. The number of benzene rings is 2. The van der Waals surface area contributed by atoms with Gasteiger partial charge in [0, 0.05) is 5.02 Å². The summed E-state index contributed by atoms with van der Waals surface area (Å²) in [5.74, 6) is 0. The summed E-state index contributed by atoms with van der Waals surface area (Å²) in [6.07, 6.45) is 0. The Morgan fingerprint density at radius 3 is 2.27 bits per heavy atom. The van der Waals surface area contributed by atoms with Crippen LogP contribution in [0.15, 0.2) is 54.6 Å². The molecule has 0 unspecified atom stereocenters. The second-order valence-electron chi connectivity index (χ2n) is 3.31. The first-order valence-electron chi connectivity index (χ1n) is 4.88. The van der Waals surface area contributed by atoms with E-state index in [1.54, 1.807) is 0 Å². The molecule has 0 saturated carbocycles. The summed E-state index contributed by atoms with van der Waals surface area (Å²) < 4.78 is 0. The summed E-state index contributed by atoms with van der Waals surface area (Å²) in [5.41, 5.74) is 1.24. The molecule has 15 heavy (non-hydrogen) atoms. The highest BCUT2D eigenvalue weighted by Gasteiger charge is 2.00. The molecule has 0 saturated heterocycles. The van der Waals surface area contributed by atoms with Gasteiger partial charge in [-0.15, -0.1) is 0 Å². The van der Waals surface area contributed by atoms with Crippen molar-refractivity contribution < 1.29 is 0 Å². The molecule has 0 N–H and O–H groups in total. The molecule has 0 fully saturated rings. The van der Waals surface area contributed by atoms with Crippen LogP contribution in [-0.4, -0.2) is 9.52 Å². The summed E-state index contributed by atoms with van der Waals surface area (Å²) in [6.45, 7) is 0. The standard InChI is InChI=1S/C13H11ClSi/c14-13-9-5-4-6-11(13)10-15-12-7-2-1-3-8-12/h1-9H,10H2. The van der Waals surface area contributed by atoms with E-state index >= 15 is 0 Å². The lowest BCUT2D eigenvalue weighted by atomic mass is 10.2. The molecule has 0 bridgehead atoms. The second kappa shape index (κ2) is 5.15. The molecule has 74 valence electrons. The SMILES string of the molecule is Clc1ccccc1C[Si]c1ccccc1. The van der Waals surface area contributed by atoms with E-state index in [2.05, 4.69) is 30.3 Å². The van der Waals surface area contributed by atoms with E-state index in [1.165, 1.54) is 10.8 Å². The lowest BCUT2D eigenvalue weighted by Gasteiger charge is -2.02. The predicted molar refractivity (Wildman–Crippen MR) is 67.0 cm³/mol. The topological polar surface area (TPSA) is 0 Å². The Hall–Kier alpha value is -1.05. The first kappa shape index (κ1) is 10.5. The molecule has 0 aromatic heterocycles. The highest BCUT2D eigenvalue weighted by molar-refractivity contribution is 6.53. The van der Waals surface area contributed by atoms with Crippen molar-refractivity contribution in [3.8, 4) is 0 Å². The molecule has 0 atom stereocenters. The maximum atomic E-state index is 6.09. The molecule has 2 rings (SSSR count). The van der Waals surface area contributed by atoms with Crippen LogP contribution in [0.4, 0.5) is 0 Å². The smallest absolute Gasteiger partial charge is 0.0841 e. The summed E-state index contributed by atoms with van der Waals surface area (Å²) in [5, 5.41) is 2.26. The Balaban J connectivity index is 2.03. The van der Waals surface area contributed by atoms with Gasteiger partial charge in [0.15, 0.2) is 0 Å². The zero-order valence-corrected chi connectivity index (χ0v) is 10.0. The van der Waals surface area contributed by atoms with Crippen LogP contribution in [0.3, 0.4) is 0 Å². The Morgan fingerprint density at radius 1 is 0.867 bits per heavy atom. The van der Waals surface area contributed by atoms with E-state index in [1.807, 2.05) is 24.3 Å². The maximum Gasteiger partial charge on any atom is 0.0856 e. The van der Waals surface area contributed by atoms with E-state index in [4.69, 9.17) is 11.6 Å². The maximum absolute atomic E-state index is 6.09. The number of hydrogen-bond acceptors (Lipinski definition) is 0. The van der Waals surface area contributed by atoms with Crippen LogP contribution in [0, 0.1) is 0 Å². The minimum atomic E-state index is 0.794. The van der Waals surface area contributed by atoms with Crippen molar-refractivity contribution in [3.05, 3.63) is 65.2 Å². The third kappa shape index (κ3) is 2.95. The molecule has 0 nitrogen and oxygen atoms in total. The molecule has 2 aromatic carbocycles. The van der Waals surface area contributed by atoms with Crippen molar-refractivity contribution in [1.29, 1.82) is 0 Å². The number of halogens is 1. The molecule has 2 heteroatoms. The van der Waals surface area contributed by atoms with Crippen molar-refractivity contribution >= 4 is 26.3 Å². The van der Waals surface area contributed by atoms with Crippen LogP contribution in [0.1, 0.15) is 5.56 Å². The van der Waals surface area contributed by atoms with Gasteiger partial charge in [0.05, 0.1) is 9.52 Å². The molecule has 0 aliphatic rings. The van der Waals surface area contributed by atoms with Gasteiger partial charge in [0.2, 0.25) is 0 Å².